The minimum absolute atomic E-state index is 0.185. The molecule has 112 valence electrons. The number of rotatable bonds is 4. The van der Waals surface area contributed by atoms with E-state index in [1.807, 2.05) is 18.2 Å². The Hall–Kier alpha value is -2.28. The Labute approximate surface area is 121 Å². The first kappa shape index (κ1) is 13.7. The molecule has 1 saturated heterocycles. The van der Waals surface area contributed by atoms with Crippen molar-refractivity contribution in [2.75, 3.05) is 6.79 Å². The molecule has 2 atom stereocenters. The number of nitrogens with one attached hydrogen (secondary N) is 2. The van der Waals surface area contributed by atoms with Crippen LogP contribution in [-0.4, -0.2) is 35.9 Å². The maximum absolute atomic E-state index is 12.0. The molecule has 0 spiro atoms. The molecule has 0 aliphatic carbocycles. The zero-order valence-corrected chi connectivity index (χ0v) is 11.3. The van der Waals surface area contributed by atoms with Crippen molar-refractivity contribution in [3.8, 4) is 11.5 Å². The van der Waals surface area contributed by atoms with Crippen LogP contribution in [0.3, 0.4) is 0 Å². The average Bonchev–Trinajstić information content (AvgIpc) is 3.13. The predicted octanol–water partition coefficient (Wildman–Crippen LogP) is 0.237. The van der Waals surface area contributed by atoms with Gasteiger partial charge in [0.25, 0.3) is 0 Å². The van der Waals surface area contributed by atoms with Crippen molar-refractivity contribution in [1.29, 1.82) is 0 Å². The monoisotopic (exact) mass is 292 g/mol. The minimum Gasteiger partial charge on any atom is -0.480 e. The van der Waals surface area contributed by atoms with Gasteiger partial charge in [0.1, 0.15) is 6.04 Å². The second kappa shape index (κ2) is 5.61. The Morgan fingerprint density at radius 3 is 2.86 bits per heavy atom. The van der Waals surface area contributed by atoms with Crippen LogP contribution in [0.15, 0.2) is 18.2 Å². The highest BCUT2D eigenvalue weighted by Crippen LogP contribution is 2.35. The number of carbonyl (C=O) groups excluding carboxylic acids is 1. The summed E-state index contributed by atoms with van der Waals surface area (Å²) in [4.78, 5) is 22.9. The van der Waals surface area contributed by atoms with Crippen LogP contribution in [0.1, 0.15) is 18.4 Å². The fraction of sp³-hybridized carbons (Fsp3) is 0.429. The van der Waals surface area contributed by atoms with Crippen molar-refractivity contribution in [2.45, 2.75) is 31.5 Å². The Balaban J connectivity index is 1.57. The first-order valence-electron chi connectivity index (χ1n) is 6.79. The molecule has 2 aliphatic rings. The number of carbonyl (C=O) groups is 2. The van der Waals surface area contributed by atoms with Crippen LogP contribution in [0.4, 0.5) is 0 Å². The molecule has 7 heteroatoms. The third-order valence-corrected chi connectivity index (χ3v) is 3.69. The van der Waals surface area contributed by atoms with Crippen molar-refractivity contribution < 1.29 is 24.2 Å². The van der Waals surface area contributed by atoms with Gasteiger partial charge in [0.05, 0.1) is 6.04 Å². The molecule has 3 N–H and O–H groups in total. The molecule has 0 saturated carbocycles. The van der Waals surface area contributed by atoms with E-state index in [0.29, 0.717) is 30.9 Å². The third kappa shape index (κ3) is 2.78. The fourth-order valence-electron chi connectivity index (χ4n) is 2.58. The molecule has 1 fully saturated rings. The summed E-state index contributed by atoms with van der Waals surface area (Å²) in [5.74, 6) is 0.208. The number of aliphatic carboxylic acids is 1. The Morgan fingerprint density at radius 1 is 1.29 bits per heavy atom. The van der Waals surface area contributed by atoms with Gasteiger partial charge in [-0.25, -0.2) is 0 Å². The molecule has 2 aliphatic heterocycles. The lowest BCUT2D eigenvalue weighted by molar-refractivity contribution is -0.139. The number of fused-ring (bicyclic) bond motifs is 1. The number of carboxylic acids is 1. The van der Waals surface area contributed by atoms with Crippen LogP contribution < -0.4 is 20.1 Å². The molecule has 1 amide bonds. The number of para-hydroxylation sites is 1. The topological polar surface area (TPSA) is 96.9 Å². The van der Waals surface area contributed by atoms with Gasteiger partial charge in [-0.3, -0.25) is 14.9 Å². The van der Waals surface area contributed by atoms with E-state index in [9.17, 15) is 9.59 Å². The van der Waals surface area contributed by atoms with Gasteiger partial charge >= 0.3 is 5.97 Å². The van der Waals surface area contributed by atoms with Crippen molar-refractivity contribution in [2.24, 2.45) is 0 Å². The largest absolute Gasteiger partial charge is 0.480 e. The number of amides is 1. The zero-order valence-electron chi connectivity index (χ0n) is 11.3. The van der Waals surface area contributed by atoms with E-state index in [0.717, 1.165) is 5.56 Å². The molecule has 1 aromatic carbocycles. The lowest BCUT2D eigenvalue weighted by Crippen LogP contribution is -2.44. The minimum atomic E-state index is -0.920. The van der Waals surface area contributed by atoms with Gasteiger partial charge in [0, 0.05) is 12.1 Å². The van der Waals surface area contributed by atoms with Crippen LogP contribution in [0, 0.1) is 0 Å². The van der Waals surface area contributed by atoms with Crippen LogP contribution >= 0.6 is 0 Å². The Bertz CT molecular complexity index is 574. The summed E-state index contributed by atoms with van der Waals surface area (Å²) in [6.07, 6.45) is 0.987. The van der Waals surface area contributed by atoms with Gasteiger partial charge in [0.2, 0.25) is 12.7 Å². The van der Waals surface area contributed by atoms with Crippen LogP contribution in [0.5, 0.6) is 11.5 Å². The number of hydrogen-bond acceptors (Lipinski definition) is 5. The van der Waals surface area contributed by atoms with Crippen LogP contribution in [-0.2, 0) is 16.1 Å². The van der Waals surface area contributed by atoms with Gasteiger partial charge < -0.3 is 19.9 Å². The first-order chi connectivity index (χ1) is 10.1. The highest BCUT2D eigenvalue weighted by atomic mass is 16.7. The molecule has 3 rings (SSSR count). The second-order valence-corrected chi connectivity index (χ2v) is 5.06. The van der Waals surface area contributed by atoms with Gasteiger partial charge in [-0.05, 0) is 18.9 Å². The number of benzene rings is 1. The lowest BCUT2D eigenvalue weighted by atomic mass is 10.1. The van der Waals surface area contributed by atoms with E-state index >= 15 is 0 Å². The summed E-state index contributed by atoms with van der Waals surface area (Å²) < 4.78 is 10.6. The summed E-state index contributed by atoms with van der Waals surface area (Å²) in [6.45, 7) is 0.506. The molecule has 2 heterocycles. The number of hydrogen-bond donors (Lipinski definition) is 3. The standard InChI is InChI=1S/C14H16N2O5/c17-13(9-4-5-10(16-9)14(18)19)15-6-8-2-1-3-11-12(8)21-7-20-11/h1-3,9-10,16H,4-7H2,(H,15,17)(H,18,19)/t9-,10+/m1/s1. The highest BCUT2D eigenvalue weighted by molar-refractivity contribution is 5.84. The summed E-state index contributed by atoms with van der Waals surface area (Å²) in [5, 5.41) is 14.5. The number of ether oxygens (including phenoxy) is 2. The highest BCUT2D eigenvalue weighted by Gasteiger charge is 2.32. The molecule has 21 heavy (non-hydrogen) atoms. The van der Waals surface area contributed by atoms with E-state index in [1.165, 1.54) is 0 Å². The van der Waals surface area contributed by atoms with Crippen molar-refractivity contribution in [1.82, 2.24) is 10.6 Å². The maximum atomic E-state index is 12.0. The van der Waals surface area contributed by atoms with Gasteiger partial charge in [0.15, 0.2) is 11.5 Å². The summed E-state index contributed by atoms with van der Waals surface area (Å²) >= 11 is 0. The van der Waals surface area contributed by atoms with Crippen LogP contribution in [0.25, 0.3) is 0 Å². The molecule has 0 aromatic heterocycles. The fourth-order valence-corrected chi connectivity index (χ4v) is 2.58. The number of carboxylic acid groups (broad SMARTS) is 1. The summed E-state index contributed by atoms with van der Waals surface area (Å²) in [6, 6.07) is 4.40. The second-order valence-electron chi connectivity index (χ2n) is 5.06. The average molecular weight is 292 g/mol. The normalized spacial score (nSPS) is 23.0. The quantitative estimate of drug-likeness (QED) is 0.735. The van der Waals surface area contributed by atoms with Gasteiger partial charge in [-0.2, -0.15) is 0 Å². The molecule has 1 aromatic rings. The lowest BCUT2D eigenvalue weighted by Gasteiger charge is -2.13. The predicted molar refractivity (Wildman–Crippen MR) is 72.0 cm³/mol. The van der Waals surface area contributed by atoms with Gasteiger partial charge in [-0.1, -0.05) is 12.1 Å². The van der Waals surface area contributed by atoms with E-state index in [2.05, 4.69) is 10.6 Å². The maximum Gasteiger partial charge on any atom is 0.320 e. The van der Waals surface area contributed by atoms with Crippen molar-refractivity contribution in [3.63, 3.8) is 0 Å². The van der Waals surface area contributed by atoms with E-state index < -0.39 is 18.1 Å². The third-order valence-electron chi connectivity index (χ3n) is 3.69. The molecule has 7 nitrogen and oxygen atoms in total. The molecular formula is C14H16N2O5. The zero-order chi connectivity index (χ0) is 14.8. The van der Waals surface area contributed by atoms with Gasteiger partial charge in [-0.15, -0.1) is 0 Å². The SMILES string of the molecule is O=C(O)[C@@H]1CC[C@H](C(=O)NCc2cccc3c2OCO3)N1. The summed E-state index contributed by atoms with van der Waals surface area (Å²) in [7, 11) is 0. The molecule has 0 unspecified atom stereocenters. The first-order valence-corrected chi connectivity index (χ1v) is 6.79. The Kier molecular flexibility index (Phi) is 3.66. The van der Waals surface area contributed by atoms with E-state index in [1.54, 1.807) is 0 Å². The Morgan fingerprint density at radius 2 is 2.10 bits per heavy atom. The molecular weight excluding hydrogens is 276 g/mol. The van der Waals surface area contributed by atoms with E-state index in [4.69, 9.17) is 14.6 Å². The van der Waals surface area contributed by atoms with E-state index in [-0.39, 0.29) is 12.7 Å². The van der Waals surface area contributed by atoms with Crippen molar-refractivity contribution >= 4 is 11.9 Å². The van der Waals surface area contributed by atoms with Crippen LogP contribution in [0.2, 0.25) is 0 Å². The summed E-state index contributed by atoms with van der Waals surface area (Å²) in [5.41, 5.74) is 0.839. The molecule has 0 radical (unpaired) electrons. The molecule has 0 bridgehead atoms. The van der Waals surface area contributed by atoms with Crippen molar-refractivity contribution in [3.05, 3.63) is 23.8 Å². The smallest absolute Gasteiger partial charge is 0.320 e.